The summed E-state index contributed by atoms with van der Waals surface area (Å²) < 4.78 is 4.96. The quantitative estimate of drug-likeness (QED) is 0.0854. The van der Waals surface area contributed by atoms with Crippen LogP contribution in [0.1, 0.15) is 69.0 Å². The van der Waals surface area contributed by atoms with Crippen molar-refractivity contribution in [1.82, 2.24) is 9.13 Å². The lowest BCUT2D eigenvalue weighted by molar-refractivity contribution is 1.04. The van der Waals surface area contributed by atoms with E-state index >= 15 is 0 Å². The van der Waals surface area contributed by atoms with Gasteiger partial charge in [-0.3, -0.25) is 10.0 Å². The predicted octanol–water partition coefficient (Wildman–Crippen LogP) is 17.5. The number of hydrogen-bond donors (Lipinski definition) is 0. The first-order valence-electron chi connectivity index (χ1n) is 22.6. The minimum atomic E-state index is -0.876. The van der Waals surface area contributed by atoms with Gasteiger partial charge < -0.3 is 9.13 Å². The van der Waals surface area contributed by atoms with Crippen LogP contribution in [0.15, 0.2) is 157 Å². The van der Waals surface area contributed by atoms with Crippen LogP contribution in [0.25, 0.3) is 72.4 Å². The summed E-state index contributed by atoms with van der Waals surface area (Å²) in [4.78, 5) is 1.47. The second-order valence-electron chi connectivity index (χ2n) is 18.2. The number of fused-ring (bicyclic) bond motifs is 4. The van der Waals surface area contributed by atoms with Gasteiger partial charge in [0.2, 0.25) is 0 Å². The predicted molar refractivity (Wildman–Crippen MR) is 303 cm³/mol. The number of aryl methyl sites for hydroxylation is 1. The highest BCUT2D eigenvalue weighted by molar-refractivity contribution is 8.35. The van der Waals surface area contributed by atoms with E-state index in [2.05, 4.69) is 254 Å². The molecule has 0 aliphatic heterocycles. The topological polar surface area (TPSA) is 9.86 Å². The van der Waals surface area contributed by atoms with E-state index in [1.165, 1.54) is 82.5 Å². The van der Waals surface area contributed by atoms with Crippen molar-refractivity contribution in [2.24, 2.45) is 0 Å². The standard InChI is InChI=1S/C55H58N2S.C4H12S.C2H2/c1-11-16-23-41(14-4)43-32-44(42(21-12-2)22-13-3)34-45(33-43)46-35-47(56-40(8)51(31-39(7)58(9,10)15-5)49-24-17-19-26-53(49)56)37-48(36-46)57-54-27-20-18-25-50(54)52-30-38(6)28-29-55(52)57;1-5(2,3)4;1-2/h11-12,14,16-37H,1,13,15H2,2-10H3;1-4H3;1-2H/b21-12-,23-16-,39-31+,41-14+,42-22+;;. The number of hydrogen-bond acceptors (Lipinski definition) is 0. The van der Waals surface area contributed by atoms with Gasteiger partial charge in [-0.2, -0.15) is 0 Å². The molecule has 0 saturated heterocycles. The van der Waals surface area contributed by atoms with Crippen LogP contribution in [0.4, 0.5) is 0 Å². The minimum Gasteiger partial charge on any atom is -0.313 e. The molecule has 4 heteroatoms. The maximum absolute atomic E-state index is 4.00. The number of benzene rings is 5. The fraction of sp³-hybridized carbons (Fsp3) is 0.246. The first kappa shape index (κ1) is 50.1. The lowest BCUT2D eigenvalue weighted by Crippen LogP contribution is -2.02. The van der Waals surface area contributed by atoms with Gasteiger partial charge in [0.25, 0.3) is 0 Å². The van der Waals surface area contributed by atoms with Crippen molar-refractivity contribution in [3.05, 3.63) is 185 Å². The lowest BCUT2D eigenvalue weighted by atomic mass is 9.92. The molecule has 7 rings (SSSR count). The van der Waals surface area contributed by atoms with Gasteiger partial charge in [0.1, 0.15) is 0 Å². The molecule has 5 aromatic carbocycles. The Morgan fingerprint density at radius 2 is 1.20 bits per heavy atom. The van der Waals surface area contributed by atoms with E-state index < -0.39 is 10.0 Å². The number of aromatic nitrogens is 2. The third-order valence-electron chi connectivity index (χ3n) is 11.8. The molecule has 0 fully saturated rings. The third-order valence-corrected chi connectivity index (χ3v) is 15.1. The SMILES string of the molecule is C#C.C=C/C=C\C(=C/C)c1cc(C(/C=C\C)=C/CC)cc(-c2cc(-n3c(C)c(/C=C(\C)S(C)(C)CC)c4ccccc43)cc(-n3c4ccccc4c4cc(C)ccc43)c2)c1.CS(C)(C)C. The molecule has 65 heavy (non-hydrogen) atoms. The Morgan fingerprint density at radius 3 is 1.78 bits per heavy atom. The number of para-hydroxylation sites is 2. The number of rotatable bonds is 12. The van der Waals surface area contributed by atoms with E-state index in [9.17, 15) is 0 Å². The Balaban J connectivity index is 0.00000106. The first-order chi connectivity index (χ1) is 31.0. The maximum Gasteiger partial charge on any atom is 0.0541 e. The highest BCUT2D eigenvalue weighted by Crippen LogP contribution is 2.49. The van der Waals surface area contributed by atoms with Gasteiger partial charge >= 0.3 is 0 Å². The average molecular weight is 897 g/mol. The van der Waals surface area contributed by atoms with Crippen LogP contribution in [0.2, 0.25) is 0 Å². The normalized spacial score (nSPS) is 13.3. The van der Waals surface area contributed by atoms with E-state index in [1.807, 2.05) is 12.2 Å². The molecule has 0 atom stereocenters. The van der Waals surface area contributed by atoms with Gasteiger partial charge in [-0.05, 0) is 189 Å². The smallest absolute Gasteiger partial charge is 0.0541 e. The second-order valence-corrected chi connectivity index (χ2v) is 27.4. The minimum absolute atomic E-state index is 0.167. The molecule has 2 nitrogen and oxygen atoms in total. The van der Waals surface area contributed by atoms with Crippen molar-refractivity contribution in [1.29, 1.82) is 0 Å². The molecule has 0 saturated carbocycles. The summed E-state index contributed by atoms with van der Waals surface area (Å²) >= 11 is 0. The summed E-state index contributed by atoms with van der Waals surface area (Å²) in [7, 11) is -1.04. The molecule has 0 bridgehead atoms. The summed E-state index contributed by atoms with van der Waals surface area (Å²) in [5.74, 6) is 1.17. The van der Waals surface area contributed by atoms with Crippen molar-refractivity contribution < 1.29 is 0 Å². The van der Waals surface area contributed by atoms with Gasteiger partial charge in [-0.15, -0.1) is 12.8 Å². The van der Waals surface area contributed by atoms with E-state index in [-0.39, 0.29) is 10.0 Å². The fourth-order valence-electron chi connectivity index (χ4n) is 8.22. The zero-order chi connectivity index (χ0) is 47.6. The molecule has 2 aromatic heterocycles. The van der Waals surface area contributed by atoms with Crippen LogP contribution < -0.4 is 0 Å². The van der Waals surface area contributed by atoms with Gasteiger partial charge in [-0.25, -0.2) is 10.0 Å². The molecule has 338 valence electrons. The highest BCUT2D eigenvalue weighted by Gasteiger charge is 2.20. The summed E-state index contributed by atoms with van der Waals surface area (Å²) in [5, 5.41) is 3.81. The van der Waals surface area contributed by atoms with Crippen LogP contribution >= 0.6 is 20.1 Å². The van der Waals surface area contributed by atoms with Crippen LogP contribution in [-0.2, 0) is 0 Å². The molecule has 2 heterocycles. The van der Waals surface area contributed by atoms with Gasteiger partial charge in [-0.1, -0.05) is 111 Å². The molecule has 0 spiro atoms. The molecule has 0 aliphatic rings. The fourth-order valence-corrected chi connectivity index (χ4v) is 9.11. The molecule has 0 aliphatic carbocycles. The van der Waals surface area contributed by atoms with E-state index in [1.54, 1.807) is 0 Å². The summed E-state index contributed by atoms with van der Waals surface area (Å²) in [6.07, 6.45) is 40.3. The lowest BCUT2D eigenvalue weighted by Gasteiger charge is -2.31. The van der Waals surface area contributed by atoms with E-state index in [0.29, 0.717) is 0 Å². The second kappa shape index (κ2) is 21.9. The number of terminal acetylenes is 1. The largest absolute Gasteiger partial charge is 0.313 e. The van der Waals surface area contributed by atoms with Crippen molar-refractivity contribution in [2.45, 2.75) is 54.9 Å². The van der Waals surface area contributed by atoms with Crippen LogP contribution in [0.3, 0.4) is 0 Å². The molecule has 0 N–H and O–H groups in total. The average Bonchev–Trinajstić information content (AvgIpc) is 3.76. The Hall–Kier alpha value is -5.86. The van der Waals surface area contributed by atoms with E-state index in [4.69, 9.17) is 0 Å². The zero-order valence-electron chi connectivity index (χ0n) is 41.4. The summed E-state index contributed by atoms with van der Waals surface area (Å²) in [6.45, 7) is 19.5. The Labute approximate surface area is 395 Å². The monoisotopic (exact) mass is 897 g/mol. The van der Waals surface area contributed by atoms with Crippen molar-refractivity contribution in [3.8, 4) is 35.3 Å². The zero-order valence-corrected chi connectivity index (χ0v) is 43.1. The number of allylic oxidation sites excluding steroid dienone is 10. The Morgan fingerprint density at radius 1 is 0.646 bits per heavy atom. The third kappa shape index (κ3) is 11.5. The van der Waals surface area contributed by atoms with E-state index in [0.717, 1.165) is 28.9 Å². The molecule has 0 radical (unpaired) electrons. The van der Waals surface area contributed by atoms with Crippen molar-refractivity contribution in [2.75, 3.05) is 43.3 Å². The van der Waals surface area contributed by atoms with Crippen molar-refractivity contribution >= 4 is 70.0 Å². The van der Waals surface area contributed by atoms with Crippen LogP contribution in [-0.4, -0.2) is 52.4 Å². The van der Waals surface area contributed by atoms with Gasteiger partial charge in [0.05, 0.1) is 16.6 Å². The Bertz CT molecular complexity index is 2990. The number of nitrogens with zero attached hydrogens (tertiary/aromatic N) is 2. The molecule has 0 unspecified atom stereocenters. The molecular weight excluding hydrogens is 825 g/mol. The maximum atomic E-state index is 4.00. The molecule has 0 amide bonds. The van der Waals surface area contributed by atoms with Gasteiger partial charge in [0, 0.05) is 38.8 Å². The van der Waals surface area contributed by atoms with Gasteiger partial charge in [0.15, 0.2) is 0 Å². The molecule has 7 aromatic rings. The van der Waals surface area contributed by atoms with Crippen LogP contribution in [0, 0.1) is 26.7 Å². The molecular formula is C61H72N2S2. The highest BCUT2D eigenvalue weighted by atomic mass is 32.3. The summed E-state index contributed by atoms with van der Waals surface area (Å²) in [6, 6.07) is 38.9. The first-order valence-corrected chi connectivity index (χ1v) is 28.5. The summed E-state index contributed by atoms with van der Waals surface area (Å²) in [5.41, 5.74) is 16.8. The Kier molecular flexibility index (Phi) is 16.9. The van der Waals surface area contributed by atoms with Crippen molar-refractivity contribution in [3.63, 3.8) is 0 Å². The van der Waals surface area contributed by atoms with Crippen LogP contribution in [0.5, 0.6) is 0 Å².